The number of carbonyl (C=O) groups excluding carboxylic acids is 2. The predicted octanol–water partition coefficient (Wildman–Crippen LogP) is 2.45. The number of hydroxylamine groups is 2. The van der Waals surface area contributed by atoms with E-state index in [0.29, 0.717) is 0 Å². The molecule has 1 aromatic carbocycles. The van der Waals surface area contributed by atoms with Crippen LogP contribution in [-0.4, -0.2) is 49.9 Å². The molecule has 1 fully saturated rings. The SMILES string of the molecule is CCOC(=O)C1(C(=O)OCC)CCON(C)C1/C=C/c1ccccc1. The molecule has 0 aromatic heterocycles. The third-order valence-corrected chi connectivity index (χ3v) is 4.24. The van der Waals surface area contributed by atoms with Crippen LogP contribution in [0.1, 0.15) is 25.8 Å². The summed E-state index contributed by atoms with van der Waals surface area (Å²) in [5.74, 6) is -1.15. The summed E-state index contributed by atoms with van der Waals surface area (Å²) < 4.78 is 10.5. The normalized spacial score (nSPS) is 20.4. The van der Waals surface area contributed by atoms with Gasteiger partial charge in [-0.3, -0.25) is 14.4 Å². The first-order valence-electron chi connectivity index (χ1n) is 8.49. The number of hydrogen-bond donors (Lipinski definition) is 0. The molecule has 0 amide bonds. The molecular weight excluding hydrogens is 322 g/mol. The lowest BCUT2D eigenvalue weighted by Gasteiger charge is -2.42. The van der Waals surface area contributed by atoms with Crippen molar-refractivity contribution >= 4 is 18.0 Å². The van der Waals surface area contributed by atoms with Gasteiger partial charge < -0.3 is 9.47 Å². The van der Waals surface area contributed by atoms with Crippen LogP contribution in [0.25, 0.3) is 6.08 Å². The van der Waals surface area contributed by atoms with Crippen LogP contribution in [-0.2, 0) is 23.9 Å². The summed E-state index contributed by atoms with van der Waals surface area (Å²) in [5, 5.41) is 1.52. The van der Waals surface area contributed by atoms with Crippen LogP contribution >= 0.6 is 0 Å². The third kappa shape index (κ3) is 4.08. The van der Waals surface area contributed by atoms with E-state index in [0.717, 1.165) is 5.56 Å². The van der Waals surface area contributed by atoms with E-state index in [1.54, 1.807) is 27.0 Å². The number of carbonyl (C=O) groups is 2. The molecule has 0 bridgehead atoms. The fourth-order valence-electron chi connectivity index (χ4n) is 2.99. The molecule has 0 N–H and O–H groups in total. The topological polar surface area (TPSA) is 65.1 Å². The van der Waals surface area contributed by atoms with Gasteiger partial charge in [-0.1, -0.05) is 42.5 Å². The second kappa shape index (κ2) is 8.78. The number of nitrogens with zero attached hydrogens (tertiary/aromatic N) is 1. The summed E-state index contributed by atoms with van der Waals surface area (Å²) in [4.78, 5) is 31.1. The Kier molecular flexibility index (Phi) is 6.73. The number of hydrogen-bond acceptors (Lipinski definition) is 6. The van der Waals surface area contributed by atoms with Crippen LogP contribution in [0.2, 0.25) is 0 Å². The molecule has 1 aromatic rings. The van der Waals surface area contributed by atoms with E-state index >= 15 is 0 Å². The van der Waals surface area contributed by atoms with E-state index < -0.39 is 23.4 Å². The minimum absolute atomic E-state index is 0.194. The summed E-state index contributed by atoms with van der Waals surface area (Å²) in [5.41, 5.74) is -0.479. The lowest BCUT2D eigenvalue weighted by atomic mass is 9.75. The Morgan fingerprint density at radius 2 is 1.80 bits per heavy atom. The van der Waals surface area contributed by atoms with Crippen molar-refractivity contribution in [3.63, 3.8) is 0 Å². The highest BCUT2D eigenvalue weighted by Gasteiger charge is 2.57. The lowest BCUT2D eigenvalue weighted by molar-refractivity contribution is -0.235. The Morgan fingerprint density at radius 1 is 1.20 bits per heavy atom. The molecular formula is C19H25NO5. The van der Waals surface area contributed by atoms with E-state index in [-0.39, 0.29) is 26.2 Å². The van der Waals surface area contributed by atoms with Gasteiger partial charge in [0.1, 0.15) is 0 Å². The first-order valence-corrected chi connectivity index (χ1v) is 8.49. The van der Waals surface area contributed by atoms with Gasteiger partial charge in [-0.05, 0) is 19.4 Å². The highest BCUT2D eigenvalue weighted by molar-refractivity contribution is 6.01. The number of rotatable bonds is 6. The molecule has 1 heterocycles. The van der Waals surface area contributed by atoms with Crippen molar-refractivity contribution in [2.75, 3.05) is 26.9 Å². The molecule has 136 valence electrons. The van der Waals surface area contributed by atoms with Crippen LogP contribution in [0, 0.1) is 5.41 Å². The van der Waals surface area contributed by atoms with Gasteiger partial charge in [-0.25, -0.2) is 0 Å². The average Bonchev–Trinajstić information content (AvgIpc) is 2.61. The molecule has 0 spiro atoms. The molecule has 1 aliphatic heterocycles. The molecule has 1 atom stereocenters. The first kappa shape index (κ1) is 19.1. The second-order valence-electron chi connectivity index (χ2n) is 5.76. The van der Waals surface area contributed by atoms with Gasteiger partial charge in [0.25, 0.3) is 0 Å². The Bertz CT molecular complexity index is 596. The molecule has 1 aliphatic rings. The van der Waals surface area contributed by atoms with Crippen LogP contribution in [0.4, 0.5) is 0 Å². The smallest absolute Gasteiger partial charge is 0.325 e. The molecule has 25 heavy (non-hydrogen) atoms. The highest BCUT2D eigenvalue weighted by atomic mass is 16.7. The van der Waals surface area contributed by atoms with Crippen molar-refractivity contribution in [1.82, 2.24) is 5.06 Å². The van der Waals surface area contributed by atoms with Gasteiger partial charge >= 0.3 is 11.9 Å². The molecule has 6 heteroatoms. The maximum Gasteiger partial charge on any atom is 0.325 e. The molecule has 0 radical (unpaired) electrons. The highest BCUT2D eigenvalue weighted by Crippen LogP contribution is 2.38. The Labute approximate surface area is 148 Å². The molecule has 1 unspecified atom stereocenters. The van der Waals surface area contributed by atoms with Crippen molar-refractivity contribution in [1.29, 1.82) is 0 Å². The zero-order chi connectivity index (χ0) is 18.3. The monoisotopic (exact) mass is 347 g/mol. The maximum absolute atomic E-state index is 12.8. The van der Waals surface area contributed by atoms with E-state index in [4.69, 9.17) is 14.3 Å². The lowest BCUT2D eigenvalue weighted by Crippen LogP contribution is -2.59. The molecule has 1 saturated heterocycles. The Balaban J connectivity index is 2.42. The molecule has 0 saturated carbocycles. The molecule has 6 nitrogen and oxygen atoms in total. The quantitative estimate of drug-likeness (QED) is 0.582. The largest absolute Gasteiger partial charge is 0.465 e. The molecule has 2 rings (SSSR count). The zero-order valence-corrected chi connectivity index (χ0v) is 14.9. The van der Waals surface area contributed by atoms with Crippen LogP contribution < -0.4 is 0 Å². The van der Waals surface area contributed by atoms with Gasteiger partial charge in [-0.2, -0.15) is 5.06 Å². The van der Waals surface area contributed by atoms with Gasteiger partial charge in [0.05, 0.1) is 25.9 Å². The van der Waals surface area contributed by atoms with E-state index in [2.05, 4.69) is 0 Å². The standard InChI is InChI=1S/C19H25NO5/c1-4-23-17(21)19(18(22)24-5-2)13-14-25-20(3)16(19)12-11-15-9-7-6-8-10-15/h6-12,16H,4-5,13-14H2,1-3H3/b12-11+. The Hall–Kier alpha value is -2.18. The van der Waals surface area contributed by atoms with Crippen molar-refractivity contribution < 1.29 is 23.9 Å². The van der Waals surface area contributed by atoms with Gasteiger partial charge in [0.2, 0.25) is 0 Å². The number of likely N-dealkylation sites (N-methyl/N-ethyl adjacent to an activating group) is 1. The van der Waals surface area contributed by atoms with Gasteiger partial charge in [-0.15, -0.1) is 0 Å². The first-order chi connectivity index (χ1) is 12.1. The van der Waals surface area contributed by atoms with Crippen LogP contribution in [0.15, 0.2) is 36.4 Å². The van der Waals surface area contributed by atoms with Crippen LogP contribution in [0.3, 0.4) is 0 Å². The van der Waals surface area contributed by atoms with Crippen molar-refractivity contribution in [2.24, 2.45) is 5.41 Å². The van der Waals surface area contributed by atoms with Crippen molar-refractivity contribution in [2.45, 2.75) is 26.3 Å². The Morgan fingerprint density at radius 3 is 2.36 bits per heavy atom. The van der Waals surface area contributed by atoms with E-state index in [1.165, 1.54) is 5.06 Å². The van der Waals surface area contributed by atoms with Crippen molar-refractivity contribution in [3.8, 4) is 0 Å². The second-order valence-corrected chi connectivity index (χ2v) is 5.76. The predicted molar refractivity (Wildman–Crippen MR) is 93.3 cm³/mol. The minimum atomic E-state index is -1.44. The van der Waals surface area contributed by atoms with E-state index in [1.807, 2.05) is 36.4 Å². The molecule has 0 aliphatic carbocycles. The maximum atomic E-state index is 12.8. The summed E-state index contributed by atoms with van der Waals surface area (Å²) in [6, 6.07) is 9.02. The van der Waals surface area contributed by atoms with E-state index in [9.17, 15) is 9.59 Å². The van der Waals surface area contributed by atoms with Gasteiger partial charge in [0, 0.05) is 13.5 Å². The van der Waals surface area contributed by atoms with Crippen LogP contribution in [0.5, 0.6) is 0 Å². The number of esters is 2. The van der Waals surface area contributed by atoms with Crippen molar-refractivity contribution in [3.05, 3.63) is 42.0 Å². The minimum Gasteiger partial charge on any atom is -0.465 e. The number of ether oxygens (including phenoxy) is 2. The fourth-order valence-corrected chi connectivity index (χ4v) is 2.99. The zero-order valence-electron chi connectivity index (χ0n) is 14.9. The number of benzene rings is 1. The summed E-state index contributed by atoms with van der Waals surface area (Å²) >= 11 is 0. The summed E-state index contributed by atoms with van der Waals surface area (Å²) in [7, 11) is 1.70. The van der Waals surface area contributed by atoms with Gasteiger partial charge in [0.15, 0.2) is 5.41 Å². The summed E-state index contributed by atoms with van der Waals surface area (Å²) in [6.45, 7) is 4.06. The third-order valence-electron chi connectivity index (χ3n) is 4.24. The average molecular weight is 347 g/mol. The fraction of sp³-hybridized carbons (Fsp3) is 0.474. The summed E-state index contributed by atoms with van der Waals surface area (Å²) in [6.07, 6.45) is 3.87.